The summed E-state index contributed by atoms with van der Waals surface area (Å²) in [6, 6.07) is 4.88. The molecule has 0 saturated carbocycles. The first-order chi connectivity index (χ1) is 7.74. The second-order valence-corrected chi connectivity index (χ2v) is 5.83. The van der Waals surface area contributed by atoms with Crippen LogP contribution in [-0.2, 0) is 0 Å². The van der Waals surface area contributed by atoms with Gasteiger partial charge in [0.2, 0.25) is 0 Å². The Morgan fingerprint density at radius 2 is 1.65 bits per heavy atom. The van der Waals surface area contributed by atoms with Gasteiger partial charge in [-0.1, -0.05) is 12.1 Å². The molecule has 1 atom stereocenters. The predicted octanol–water partition coefficient (Wildman–Crippen LogP) is 3.00. The lowest BCUT2D eigenvalue weighted by atomic mass is 9.88. The van der Waals surface area contributed by atoms with Crippen molar-refractivity contribution < 1.29 is 0 Å². The number of nitrogens with two attached hydrogens (primary N) is 1. The van der Waals surface area contributed by atoms with Crippen LogP contribution < -0.4 is 11.1 Å². The van der Waals surface area contributed by atoms with Gasteiger partial charge in [0.15, 0.2) is 0 Å². The average molecular weight is 234 g/mol. The van der Waals surface area contributed by atoms with Crippen LogP contribution in [-0.4, -0.2) is 12.6 Å². The molecular weight excluding hydrogens is 208 g/mol. The monoisotopic (exact) mass is 234 g/mol. The van der Waals surface area contributed by atoms with E-state index < -0.39 is 0 Å². The predicted molar refractivity (Wildman–Crippen MR) is 75.3 cm³/mol. The zero-order chi connectivity index (χ0) is 13.2. The fourth-order valence-electron chi connectivity index (χ4n) is 2.25. The molecule has 0 aromatic heterocycles. The van der Waals surface area contributed by atoms with Crippen LogP contribution in [0.3, 0.4) is 0 Å². The second-order valence-electron chi connectivity index (χ2n) is 5.83. The first-order valence-corrected chi connectivity index (χ1v) is 6.28. The highest BCUT2D eigenvalue weighted by molar-refractivity contribution is 5.38. The number of benzene rings is 1. The van der Waals surface area contributed by atoms with Gasteiger partial charge in [0.05, 0.1) is 0 Å². The van der Waals surface area contributed by atoms with E-state index in [2.05, 4.69) is 52.1 Å². The van der Waals surface area contributed by atoms with Gasteiger partial charge < -0.3 is 11.1 Å². The maximum Gasteiger partial charge on any atom is 0.0337 e. The fraction of sp³-hybridized carbons (Fsp3) is 0.600. The van der Waals surface area contributed by atoms with E-state index >= 15 is 0 Å². The first-order valence-electron chi connectivity index (χ1n) is 6.28. The zero-order valence-electron chi connectivity index (χ0n) is 12.0. The average Bonchev–Trinajstić information content (AvgIpc) is 2.19. The summed E-state index contributed by atoms with van der Waals surface area (Å²) in [7, 11) is 2.00. The Morgan fingerprint density at radius 3 is 2.12 bits per heavy atom. The van der Waals surface area contributed by atoms with Crippen LogP contribution in [0.1, 0.15) is 48.6 Å². The van der Waals surface area contributed by atoms with Crippen LogP contribution in [0.5, 0.6) is 0 Å². The molecule has 3 N–H and O–H groups in total. The van der Waals surface area contributed by atoms with Crippen molar-refractivity contribution in [3.63, 3.8) is 0 Å². The van der Waals surface area contributed by atoms with Gasteiger partial charge in [-0.05, 0) is 70.3 Å². The molecule has 2 heteroatoms. The number of nitrogens with one attached hydrogen (secondary N) is 1. The van der Waals surface area contributed by atoms with Gasteiger partial charge in [-0.25, -0.2) is 0 Å². The van der Waals surface area contributed by atoms with Crippen molar-refractivity contribution in [2.45, 2.75) is 52.6 Å². The van der Waals surface area contributed by atoms with Crippen molar-refractivity contribution in [3.8, 4) is 0 Å². The molecule has 0 fully saturated rings. The van der Waals surface area contributed by atoms with Gasteiger partial charge in [-0.3, -0.25) is 0 Å². The third kappa shape index (κ3) is 3.83. The summed E-state index contributed by atoms with van der Waals surface area (Å²) in [6.45, 7) is 10.7. The summed E-state index contributed by atoms with van der Waals surface area (Å²) in [5.41, 5.74) is 11.4. The number of aryl methyl sites for hydroxylation is 3. The lowest BCUT2D eigenvalue weighted by Crippen LogP contribution is -2.37. The molecular formula is C15H26N2. The molecule has 1 unspecified atom stereocenters. The largest absolute Gasteiger partial charge is 0.325 e. The van der Waals surface area contributed by atoms with E-state index in [0.29, 0.717) is 6.04 Å². The number of rotatable bonds is 4. The molecule has 0 aliphatic heterocycles. The van der Waals surface area contributed by atoms with Crippen molar-refractivity contribution in [2.24, 2.45) is 5.73 Å². The number of hydrogen-bond acceptors (Lipinski definition) is 2. The molecule has 1 aromatic carbocycles. The maximum atomic E-state index is 6.13. The van der Waals surface area contributed by atoms with E-state index in [1.807, 2.05) is 7.05 Å². The summed E-state index contributed by atoms with van der Waals surface area (Å²) in [4.78, 5) is 0. The summed E-state index contributed by atoms with van der Waals surface area (Å²) < 4.78 is 0. The van der Waals surface area contributed by atoms with Gasteiger partial charge in [0.1, 0.15) is 0 Å². The van der Waals surface area contributed by atoms with E-state index in [1.165, 1.54) is 22.3 Å². The van der Waals surface area contributed by atoms with E-state index in [-0.39, 0.29) is 5.54 Å². The van der Waals surface area contributed by atoms with Crippen molar-refractivity contribution in [3.05, 3.63) is 34.4 Å². The van der Waals surface area contributed by atoms with Crippen molar-refractivity contribution in [1.29, 1.82) is 0 Å². The second kappa shape index (κ2) is 5.19. The SMILES string of the molecule is CNC(CC(C)(C)N)c1cc(C)c(C)cc1C. The Hall–Kier alpha value is -0.860. The Balaban J connectivity index is 3.08. The molecule has 0 aliphatic rings. The molecule has 96 valence electrons. The van der Waals surface area contributed by atoms with Gasteiger partial charge in [0.25, 0.3) is 0 Å². The smallest absolute Gasteiger partial charge is 0.0337 e. The third-order valence-corrected chi connectivity index (χ3v) is 3.34. The summed E-state index contributed by atoms with van der Waals surface area (Å²) in [6.07, 6.45) is 0.937. The van der Waals surface area contributed by atoms with E-state index in [1.54, 1.807) is 0 Å². The van der Waals surface area contributed by atoms with E-state index in [4.69, 9.17) is 5.73 Å². The van der Waals surface area contributed by atoms with Crippen LogP contribution in [0.2, 0.25) is 0 Å². The summed E-state index contributed by atoms with van der Waals surface area (Å²) in [5.74, 6) is 0. The lowest BCUT2D eigenvalue weighted by Gasteiger charge is -2.27. The molecule has 1 rings (SSSR count). The minimum atomic E-state index is -0.154. The molecule has 0 saturated heterocycles. The topological polar surface area (TPSA) is 38.0 Å². The molecule has 17 heavy (non-hydrogen) atoms. The minimum absolute atomic E-state index is 0.154. The summed E-state index contributed by atoms with van der Waals surface area (Å²) in [5, 5.41) is 3.38. The van der Waals surface area contributed by atoms with Gasteiger partial charge in [-0.15, -0.1) is 0 Å². The van der Waals surface area contributed by atoms with Crippen LogP contribution in [0.25, 0.3) is 0 Å². The van der Waals surface area contributed by atoms with Crippen LogP contribution in [0.4, 0.5) is 0 Å². The van der Waals surface area contributed by atoms with Gasteiger partial charge in [-0.2, -0.15) is 0 Å². The van der Waals surface area contributed by atoms with Crippen LogP contribution in [0, 0.1) is 20.8 Å². The van der Waals surface area contributed by atoms with Crippen molar-refractivity contribution >= 4 is 0 Å². The van der Waals surface area contributed by atoms with Gasteiger partial charge >= 0.3 is 0 Å². The Labute approximate surface area is 106 Å². The van der Waals surface area contributed by atoms with Crippen molar-refractivity contribution in [2.75, 3.05) is 7.05 Å². The quantitative estimate of drug-likeness (QED) is 0.840. The molecule has 0 amide bonds. The normalized spacial score (nSPS) is 13.8. The van der Waals surface area contributed by atoms with Crippen molar-refractivity contribution in [1.82, 2.24) is 5.32 Å². The molecule has 0 bridgehead atoms. The molecule has 0 aliphatic carbocycles. The fourth-order valence-corrected chi connectivity index (χ4v) is 2.25. The number of hydrogen-bond donors (Lipinski definition) is 2. The molecule has 1 aromatic rings. The van der Waals surface area contributed by atoms with Crippen LogP contribution in [0.15, 0.2) is 12.1 Å². The summed E-state index contributed by atoms with van der Waals surface area (Å²) >= 11 is 0. The lowest BCUT2D eigenvalue weighted by molar-refractivity contribution is 0.395. The van der Waals surface area contributed by atoms with E-state index in [0.717, 1.165) is 6.42 Å². The highest BCUT2D eigenvalue weighted by Crippen LogP contribution is 2.27. The zero-order valence-corrected chi connectivity index (χ0v) is 12.0. The molecule has 0 radical (unpaired) electrons. The standard InChI is InChI=1S/C15H26N2/c1-10-7-12(3)13(8-11(10)2)14(17-6)9-15(4,5)16/h7-8,14,17H,9,16H2,1-6H3. The van der Waals surface area contributed by atoms with Gasteiger partial charge in [0, 0.05) is 11.6 Å². The molecule has 0 spiro atoms. The van der Waals surface area contributed by atoms with E-state index in [9.17, 15) is 0 Å². The Kier molecular flexibility index (Phi) is 4.34. The highest BCUT2D eigenvalue weighted by atomic mass is 14.9. The molecule has 2 nitrogen and oxygen atoms in total. The molecule has 0 heterocycles. The van der Waals surface area contributed by atoms with Crippen LogP contribution >= 0.6 is 0 Å². The highest BCUT2D eigenvalue weighted by Gasteiger charge is 2.20. The first kappa shape index (κ1) is 14.2. The Morgan fingerprint density at radius 1 is 1.12 bits per heavy atom. The minimum Gasteiger partial charge on any atom is -0.325 e. The maximum absolute atomic E-state index is 6.13. The Bertz CT molecular complexity index is 389. The third-order valence-electron chi connectivity index (χ3n) is 3.34.